The van der Waals surface area contributed by atoms with Crippen LogP contribution in [0.15, 0.2) is 76.2 Å². The van der Waals surface area contributed by atoms with Gasteiger partial charge >= 0.3 is 0 Å². The van der Waals surface area contributed by atoms with E-state index >= 15 is 0 Å². The molecule has 0 aromatic heterocycles. The number of ether oxygens (including phenoxy) is 2. The first-order valence-electron chi connectivity index (χ1n) is 10.6. The van der Waals surface area contributed by atoms with Crippen LogP contribution in [0.4, 0.5) is 0 Å². The molecular formula is C26H27BrN2O2. The lowest BCUT2D eigenvalue weighted by Gasteiger charge is -2.20. The van der Waals surface area contributed by atoms with Gasteiger partial charge in [0.1, 0.15) is 23.9 Å². The van der Waals surface area contributed by atoms with E-state index < -0.39 is 0 Å². The number of rotatable bonds is 8. The van der Waals surface area contributed by atoms with Crippen molar-refractivity contribution in [3.05, 3.63) is 93.5 Å². The number of hydrogen-bond donors (Lipinski definition) is 1. The molecule has 1 aliphatic heterocycles. The van der Waals surface area contributed by atoms with Gasteiger partial charge in [-0.3, -0.25) is 4.99 Å². The highest BCUT2D eigenvalue weighted by Gasteiger charge is 2.17. The SMILES string of the molecule is COc1ccc(Br)cc1CCc1c(OCc2ccccc2)cccc1C1=NCCCN1. The second kappa shape index (κ2) is 10.5. The Morgan fingerprint density at radius 3 is 2.61 bits per heavy atom. The molecule has 0 unspecified atom stereocenters. The molecule has 0 saturated carbocycles. The van der Waals surface area contributed by atoms with E-state index in [0.29, 0.717) is 6.61 Å². The van der Waals surface area contributed by atoms with Gasteiger partial charge in [0.15, 0.2) is 0 Å². The van der Waals surface area contributed by atoms with E-state index in [-0.39, 0.29) is 0 Å². The number of methoxy groups -OCH3 is 1. The Kier molecular flexibility index (Phi) is 7.26. The fourth-order valence-electron chi connectivity index (χ4n) is 3.83. The maximum Gasteiger partial charge on any atom is 0.128 e. The Balaban J connectivity index is 1.64. The van der Waals surface area contributed by atoms with Crippen molar-refractivity contribution in [3.8, 4) is 11.5 Å². The molecule has 1 N–H and O–H groups in total. The Morgan fingerprint density at radius 2 is 1.84 bits per heavy atom. The van der Waals surface area contributed by atoms with E-state index in [1.165, 1.54) is 11.1 Å². The van der Waals surface area contributed by atoms with Crippen LogP contribution in [-0.4, -0.2) is 26.0 Å². The lowest BCUT2D eigenvalue weighted by molar-refractivity contribution is 0.302. The molecule has 0 bridgehead atoms. The summed E-state index contributed by atoms with van der Waals surface area (Å²) in [7, 11) is 1.72. The summed E-state index contributed by atoms with van der Waals surface area (Å²) in [5.41, 5.74) is 4.62. The highest BCUT2D eigenvalue weighted by molar-refractivity contribution is 9.10. The van der Waals surface area contributed by atoms with Gasteiger partial charge in [-0.05, 0) is 54.7 Å². The third kappa shape index (κ3) is 5.47. The van der Waals surface area contributed by atoms with Crippen LogP contribution in [0.25, 0.3) is 0 Å². The molecule has 1 heterocycles. The summed E-state index contributed by atoms with van der Waals surface area (Å²) in [6, 6.07) is 22.7. The van der Waals surface area contributed by atoms with E-state index in [1.54, 1.807) is 7.11 Å². The Bertz CT molecular complexity index is 1050. The van der Waals surface area contributed by atoms with Crippen LogP contribution in [0.1, 0.15) is 28.7 Å². The van der Waals surface area contributed by atoms with Crippen molar-refractivity contribution in [2.75, 3.05) is 20.2 Å². The van der Waals surface area contributed by atoms with Crippen molar-refractivity contribution >= 4 is 21.8 Å². The zero-order valence-electron chi connectivity index (χ0n) is 17.7. The third-order valence-electron chi connectivity index (χ3n) is 5.41. The lowest BCUT2D eigenvalue weighted by Crippen LogP contribution is -2.31. The van der Waals surface area contributed by atoms with Crippen molar-refractivity contribution in [1.29, 1.82) is 0 Å². The van der Waals surface area contributed by atoms with E-state index in [2.05, 4.69) is 57.6 Å². The highest BCUT2D eigenvalue weighted by Crippen LogP contribution is 2.29. The molecule has 0 atom stereocenters. The number of aliphatic imine (C=N–C) groups is 1. The number of hydrogen-bond acceptors (Lipinski definition) is 4. The molecular weight excluding hydrogens is 452 g/mol. The van der Waals surface area contributed by atoms with Gasteiger partial charge in [-0.2, -0.15) is 0 Å². The molecule has 3 aromatic rings. The lowest BCUT2D eigenvalue weighted by atomic mass is 9.97. The van der Waals surface area contributed by atoms with Crippen LogP contribution in [0.3, 0.4) is 0 Å². The highest BCUT2D eigenvalue weighted by atomic mass is 79.9. The van der Waals surface area contributed by atoms with Gasteiger partial charge in [-0.1, -0.05) is 58.4 Å². The molecule has 1 aliphatic rings. The van der Waals surface area contributed by atoms with Crippen LogP contribution < -0.4 is 14.8 Å². The number of halogens is 1. The minimum Gasteiger partial charge on any atom is -0.496 e. The van der Waals surface area contributed by atoms with E-state index in [1.807, 2.05) is 30.3 Å². The Morgan fingerprint density at radius 1 is 0.968 bits per heavy atom. The fraction of sp³-hybridized carbons (Fsp3) is 0.269. The number of nitrogens with zero attached hydrogens (tertiary/aromatic N) is 1. The Hall–Kier alpha value is -2.79. The maximum absolute atomic E-state index is 6.30. The molecule has 3 aromatic carbocycles. The van der Waals surface area contributed by atoms with Crippen molar-refractivity contribution in [1.82, 2.24) is 5.32 Å². The quantitative estimate of drug-likeness (QED) is 0.460. The first kappa shape index (κ1) is 21.4. The zero-order chi connectivity index (χ0) is 21.5. The molecule has 0 aliphatic carbocycles. The second-order valence-corrected chi connectivity index (χ2v) is 8.44. The smallest absolute Gasteiger partial charge is 0.128 e. The van der Waals surface area contributed by atoms with E-state index in [0.717, 1.165) is 65.3 Å². The molecule has 5 heteroatoms. The number of nitrogens with one attached hydrogen (secondary N) is 1. The van der Waals surface area contributed by atoms with E-state index in [4.69, 9.17) is 14.5 Å². The predicted molar refractivity (Wildman–Crippen MR) is 129 cm³/mol. The average Bonchev–Trinajstić information content (AvgIpc) is 2.83. The van der Waals surface area contributed by atoms with E-state index in [9.17, 15) is 0 Å². The molecule has 160 valence electrons. The van der Waals surface area contributed by atoms with Crippen LogP contribution in [0.2, 0.25) is 0 Å². The molecule has 0 saturated heterocycles. The topological polar surface area (TPSA) is 42.9 Å². The van der Waals surface area contributed by atoms with Gasteiger partial charge < -0.3 is 14.8 Å². The first-order chi connectivity index (χ1) is 15.2. The minimum absolute atomic E-state index is 0.539. The van der Waals surface area contributed by atoms with Gasteiger partial charge in [0.25, 0.3) is 0 Å². The monoisotopic (exact) mass is 478 g/mol. The summed E-state index contributed by atoms with van der Waals surface area (Å²) in [5.74, 6) is 2.78. The third-order valence-corrected chi connectivity index (χ3v) is 5.90. The van der Waals surface area contributed by atoms with Crippen molar-refractivity contribution in [2.24, 2.45) is 4.99 Å². The van der Waals surface area contributed by atoms with Crippen molar-refractivity contribution in [3.63, 3.8) is 0 Å². The van der Waals surface area contributed by atoms with Crippen LogP contribution >= 0.6 is 15.9 Å². The predicted octanol–water partition coefficient (Wildman–Crippen LogP) is 5.56. The van der Waals surface area contributed by atoms with Gasteiger partial charge in [0, 0.05) is 28.7 Å². The molecule has 4 rings (SSSR count). The molecule has 0 radical (unpaired) electrons. The van der Waals surface area contributed by atoms with Gasteiger partial charge in [-0.25, -0.2) is 0 Å². The summed E-state index contributed by atoms with van der Waals surface area (Å²) in [4.78, 5) is 4.74. The van der Waals surface area contributed by atoms with Crippen LogP contribution in [0, 0.1) is 0 Å². The largest absolute Gasteiger partial charge is 0.496 e. The molecule has 31 heavy (non-hydrogen) atoms. The Labute approximate surface area is 192 Å². The number of amidine groups is 1. The summed E-state index contributed by atoms with van der Waals surface area (Å²) in [6.45, 7) is 2.35. The number of benzene rings is 3. The van der Waals surface area contributed by atoms with Crippen LogP contribution in [-0.2, 0) is 19.4 Å². The molecule has 0 spiro atoms. The van der Waals surface area contributed by atoms with Crippen LogP contribution in [0.5, 0.6) is 11.5 Å². The standard InChI is InChI=1S/C26H27BrN2O2/c1-30-24-14-12-21(27)17-20(24)11-13-22-23(26-28-15-6-16-29-26)9-5-10-25(22)31-18-19-7-3-2-4-8-19/h2-5,7-10,12,14,17H,6,11,13,15-16,18H2,1H3,(H,28,29). The summed E-state index contributed by atoms with van der Waals surface area (Å²) in [5, 5.41) is 3.47. The minimum atomic E-state index is 0.539. The van der Waals surface area contributed by atoms with Crippen molar-refractivity contribution in [2.45, 2.75) is 25.9 Å². The van der Waals surface area contributed by atoms with Gasteiger partial charge in [0.05, 0.1) is 7.11 Å². The molecule has 4 nitrogen and oxygen atoms in total. The summed E-state index contributed by atoms with van der Waals surface area (Å²) >= 11 is 3.58. The summed E-state index contributed by atoms with van der Waals surface area (Å²) < 4.78 is 12.9. The normalized spacial score (nSPS) is 13.3. The van der Waals surface area contributed by atoms with Gasteiger partial charge in [-0.15, -0.1) is 0 Å². The summed E-state index contributed by atoms with van der Waals surface area (Å²) in [6.07, 6.45) is 2.74. The maximum atomic E-state index is 6.30. The first-order valence-corrected chi connectivity index (χ1v) is 11.4. The van der Waals surface area contributed by atoms with Crippen molar-refractivity contribution < 1.29 is 9.47 Å². The molecule has 0 amide bonds. The average molecular weight is 479 g/mol. The number of aryl methyl sites for hydroxylation is 1. The molecule has 0 fully saturated rings. The fourth-order valence-corrected chi connectivity index (χ4v) is 4.24. The zero-order valence-corrected chi connectivity index (χ0v) is 19.3. The van der Waals surface area contributed by atoms with Gasteiger partial charge in [0.2, 0.25) is 0 Å². The second-order valence-electron chi connectivity index (χ2n) is 7.52.